The van der Waals surface area contributed by atoms with Crippen molar-refractivity contribution in [2.75, 3.05) is 0 Å². The molecule has 3 aliphatic rings. The maximum Gasteiger partial charge on any atom is 0.135 e. The van der Waals surface area contributed by atoms with Crippen LogP contribution >= 0.6 is 0 Å². The summed E-state index contributed by atoms with van der Waals surface area (Å²) < 4.78 is 60.6. The normalized spacial score (nSPS) is 44.0. The number of hydrogen-bond acceptors (Lipinski definition) is 0. The van der Waals surface area contributed by atoms with Gasteiger partial charge in [-0.2, -0.15) is 0 Å². The Bertz CT molecular complexity index is 516. The van der Waals surface area contributed by atoms with Gasteiger partial charge in [0.1, 0.15) is 24.7 Å². The van der Waals surface area contributed by atoms with E-state index in [1.165, 1.54) is 0 Å². The van der Waals surface area contributed by atoms with Crippen molar-refractivity contribution in [2.45, 2.75) is 130 Å². The van der Waals surface area contributed by atoms with Crippen molar-refractivity contribution in [1.82, 2.24) is 0 Å². The van der Waals surface area contributed by atoms with Crippen LogP contribution in [-0.2, 0) is 0 Å². The molecule has 9 unspecified atom stereocenters. The molecule has 0 aliphatic heterocycles. The monoisotopic (exact) mass is 462 g/mol. The standard InChI is InChI=1S/C26H44F4.C2H6/c1-15(2)5-8-17(4)19-11-13-21(25(29)23(19)27)22-14-12-20(24(28)26(22)30)18-9-6-16(3)7-10-18;1-2/h15-26H,5-14H2,1-4H3;1-2H3. The average Bonchev–Trinajstić information content (AvgIpc) is 2.78. The molecule has 3 rings (SSSR count). The molecule has 4 heteroatoms. The van der Waals surface area contributed by atoms with Crippen LogP contribution in [0.2, 0.25) is 0 Å². The minimum absolute atomic E-state index is 0.140. The van der Waals surface area contributed by atoms with E-state index in [9.17, 15) is 0 Å². The van der Waals surface area contributed by atoms with Crippen molar-refractivity contribution in [3.63, 3.8) is 0 Å². The van der Waals surface area contributed by atoms with Gasteiger partial charge in [-0.25, -0.2) is 17.6 Å². The number of alkyl halides is 4. The van der Waals surface area contributed by atoms with Gasteiger partial charge in [0, 0.05) is 0 Å². The molecule has 9 atom stereocenters. The summed E-state index contributed by atoms with van der Waals surface area (Å²) in [5.74, 6) is -0.175. The van der Waals surface area contributed by atoms with E-state index in [4.69, 9.17) is 0 Å². The lowest BCUT2D eigenvalue weighted by Crippen LogP contribution is -2.50. The fourth-order valence-electron chi connectivity index (χ4n) is 6.87. The number of halogens is 4. The van der Waals surface area contributed by atoms with Gasteiger partial charge < -0.3 is 0 Å². The Morgan fingerprint density at radius 3 is 1.62 bits per heavy atom. The van der Waals surface area contributed by atoms with Gasteiger partial charge in [-0.15, -0.1) is 0 Å². The van der Waals surface area contributed by atoms with Crippen LogP contribution in [0.15, 0.2) is 0 Å². The maximum atomic E-state index is 15.2. The summed E-state index contributed by atoms with van der Waals surface area (Å²) in [6, 6.07) is 0. The van der Waals surface area contributed by atoms with Crippen LogP contribution in [0.3, 0.4) is 0 Å². The van der Waals surface area contributed by atoms with Gasteiger partial charge in [-0.05, 0) is 85.9 Å². The molecule has 3 saturated carbocycles. The topological polar surface area (TPSA) is 0 Å². The highest BCUT2D eigenvalue weighted by Crippen LogP contribution is 2.50. The fourth-order valence-corrected chi connectivity index (χ4v) is 6.87. The summed E-state index contributed by atoms with van der Waals surface area (Å²) in [7, 11) is 0. The summed E-state index contributed by atoms with van der Waals surface area (Å²) in [6.07, 6.45) is 2.05. The zero-order valence-corrected chi connectivity index (χ0v) is 21.5. The van der Waals surface area contributed by atoms with E-state index in [0.717, 1.165) is 38.5 Å². The van der Waals surface area contributed by atoms with E-state index >= 15 is 17.6 Å². The molecule has 0 nitrogen and oxygen atoms in total. The van der Waals surface area contributed by atoms with Crippen LogP contribution in [0.4, 0.5) is 17.6 Å². The lowest BCUT2D eigenvalue weighted by atomic mass is 9.62. The van der Waals surface area contributed by atoms with Gasteiger partial charge in [0.05, 0.1) is 0 Å². The average molecular weight is 463 g/mol. The van der Waals surface area contributed by atoms with Gasteiger partial charge in [-0.3, -0.25) is 0 Å². The highest BCUT2D eigenvalue weighted by molar-refractivity contribution is 4.99. The quantitative estimate of drug-likeness (QED) is 0.345. The molecule has 0 aromatic heterocycles. The molecule has 0 saturated heterocycles. The third-order valence-electron chi connectivity index (χ3n) is 9.06. The molecule has 0 aromatic rings. The van der Waals surface area contributed by atoms with Crippen LogP contribution < -0.4 is 0 Å². The summed E-state index contributed by atoms with van der Waals surface area (Å²) in [5.41, 5.74) is 0. The summed E-state index contributed by atoms with van der Waals surface area (Å²) >= 11 is 0. The van der Waals surface area contributed by atoms with E-state index in [2.05, 4.69) is 20.8 Å². The van der Waals surface area contributed by atoms with Gasteiger partial charge >= 0.3 is 0 Å². The second-order valence-corrected chi connectivity index (χ2v) is 11.6. The molecule has 0 spiro atoms. The van der Waals surface area contributed by atoms with Crippen molar-refractivity contribution in [3.05, 3.63) is 0 Å². The Balaban J connectivity index is 0.00000176. The minimum atomic E-state index is -1.65. The molecule has 0 heterocycles. The minimum Gasteiger partial charge on any atom is -0.244 e. The summed E-state index contributed by atoms with van der Waals surface area (Å²) in [6.45, 7) is 12.5. The molecule has 3 fully saturated rings. The van der Waals surface area contributed by atoms with Crippen LogP contribution in [0.5, 0.6) is 0 Å². The SMILES string of the molecule is CC.CC(C)CCC(C)C1CCC(C2CCC(C3CCC(C)CC3)C(F)C2F)C(F)C1F. The first-order valence-corrected chi connectivity index (χ1v) is 13.8. The highest BCUT2D eigenvalue weighted by atomic mass is 19.2. The van der Waals surface area contributed by atoms with E-state index < -0.39 is 36.5 Å². The van der Waals surface area contributed by atoms with Crippen molar-refractivity contribution in [1.29, 1.82) is 0 Å². The van der Waals surface area contributed by atoms with Crippen molar-refractivity contribution < 1.29 is 17.6 Å². The third kappa shape index (κ3) is 6.65. The predicted octanol–water partition coefficient (Wildman–Crippen LogP) is 9.32. The molecule has 0 bridgehead atoms. The second-order valence-electron chi connectivity index (χ2n) is 11.6. The molecule has 0 radical (unpaired) electrons. The highest BCUT2D eigenvalue weighted by Gasteiger charge is 2.51. The molecule has 3 aliphatic carbocycles. The molecular formula is C28H50F4. The van der Waals surface area contributed by atoms with Crippen LogP contribution in [0, 0.1) is 47.3 Å². The third-order valence-corrected chi connectivity index (χ3v) is 9.06. The van der Waals surface area contributed by atoms with Gasteiger partial charge in [-0.1, -0.05) is 67.2 Å². The van der Waals surface area contributed by atoms with Gasteiger partial charge in [0.25, 0.3) is 0 Å². The number of rotatable bonds is 6. The Labute approximate surface area is 195 Å². The Hall–Kier alpha value is -0.280. The predicted molar refractivity (Wildman–Crippen MR) is 128 cm³/mol. The molecule has 0 N–H and O–H groups in total. The molecule has 32 heavy (non-hydrogen) atoms. The van der Waals surface area contributed by atoms with Crippen LogP contribution in [-0.4, -0.2) is 24.7 Å². The smallest absolute Gasteiger partial charge is 0.135 e. The van der Waals surface area contributed by atoms with Crippen LogP contribution in [0.1, 0.15) is 106 Å². The van der Waals surface area contributed by atoms with Crippen molar-refractivity contribution >= 4 is 0 Å². The first-order valence-electron chi connectivity index (χ1n) is 13.8. The molecular weight excluding hydrogens is 412 g/mol. The van der Waals surface area contributed by atoms with Gasteiger partial charge in [0.2, 0.25) is 0 Å². The van der Waals surface area contributed by atoms with Crippen molar-refractivity contribution in [2.24, 2.45) is 47.3 Å². The zero-order chi connectivity index (χ0) is 24.0. The zero-order valence-electron chi connectivity index (χ0n) is 21.5. The summed E-state index contributed by atoms with van der Waals surface area (Å²) in [5, 5.41) is 0. The first-order chi connectivity index (χ1) is 15.2. The fraction of sp³-hybridized carbons (Fsp3) is 1.00. The summed E-state index contributed by atoms with van der Waals surface area (Å²) in [4.78, 5) is 0. The molecule has 0 aromatic carbocycles. The van der Waals surface area contributed by atoms with Gasteiger partial charge in [0.15, 0.2) is 0 Å². The lowest BCUT2D eigenvalue weighted by molar-refractivity contribution is -0.0787. The Morgan fingerprint density at radius 2 is 1.06 bits per heavy atom. The number of hydrogen-bond donors (Lipinski definition) is 0. The van der Waals surface area contributed by atoms with E-state index in [0.29, 0.717) is 37.5 Å². The Kier molecular flexibility index (Phi) is 11.3. The largest absolute Gasteiger partial charge is 0.244 e. The van der Waals surface area contributed by atoms with Crippen LogP contribution in [0.25, 0.3) is 0 Å². The van der Waals surface area contributed by atoms with E-state index in [1.54, 1.807) is 0 Å². The van der Waals surface area contributed by atoms with Crippen molar-refractivity contribution in [3.8, 4) is 0 Å². The first kappa shape index (κ1) is 28.0. The van der Waals surface area contributed by atoms with E-state index in [-0.39, 0.29) is 23.7 Å². The Morgan fingerprint density at radius 1 is 0.594 bits per heavy atom. The molecule has 190 valence electrons. The molecule has 0 amide bonds. The van der Waals surface area contributed by atoms with E-state index in [1.807, 2.05) is 20.8 Å². The maximum absolute atomic E-state index is 15.2. The lowest BCUT2D eigenvalue weighted by Gasteiger charge is -2.46. The second kappa shape index (κ2) is 13.0.